The van der Waals surface area contributed by atoms with Gasteiger partial charge < -0.3 is 36.2 Å². The molecule has 0 bridgehead atoms. The van der Waals surface area contributed by atoms with E-state index in [1.54, 1.807) is 0 Å². The Hall–Kier alpha value is -2.47. The summed E-state index contributed by atoms with van der Waals surface area (Å²) in [6, 6.07) is -2.40. The van der Waals surface area contributed by atoms with Crippen LogP contribution in [-0.4, -0.2) is 76.2 Å². The third-order valence-electron chi connectivity index (χ3n) is 3.02. The number of carboxylic acids is 2. The molecular weight excluding hydrogens is 370 g/mol. The fourth-order valence-corrected chi connectivity index (χ4v) is 2.59. The summed E-state index contributed by atoms with van der Waals surface area (Å²) in [5, 5.41) is 21.0. The molecular formula is C14H21N3O8S. The van der Waals surface area contributed by atoms with Crippen molar-refractivity contribution in [1.82, 2.24) is 10.6 Å². The quantitative estimate of drug-likeness (QED) is 0.202. The van der Waals surface area contributed by atoms with E-state index < -0.39 is 47.6 Å². The van der Waals surface area contributed by atoms with Gasteiger partial charge in [0.05, 0.1) is 5.25 Å². The standard InChI is InChI=1S/C14H21N3O8S/c15-9(14(24)25)1-2-11(20)17-10(13(23)16-5-12(21)22)7-26-8(6-19)3-4-18/h4,6,8-10H,1-3,5,7,15H2,(H,16,23)(H,17,20)(H,21,22)(H,24,25). The summed E-state index contributed by atoms with van der Waals surface area (Å²) >= 11 is 0.947. The first kappa shape index (κ1) is 23.5. The number of aldehydes is 2. The van der Waals surface area contributed by atoms with E-state index in [0.717, 1.165) is 11.8 Å². The maximum absolute atomic E-state index is 12.0. The molecule has 3 atom stereocenters. The van der Waals surface area contributed by atoms with Crippen LogP contribution in [0.5, 0.6) is 0 Å². The number of carbonyl (C=O) groups is 6. The first-order valence-electron chi connectivity index (χ1n) is 7.49. The van der Waals surface area contributed by atoms with Crippen molar-refractivity contribution in [2.45, 2.75) is 36.6 Å². The van der Waals surface area contributed by atoms with Crippen LogP contribution in [0.15, 0.2) is 0 Å². The van der Waals surface area contributed by atoms with Gasteiger partial charge in [-0.1, -0.05) is 0 Å². The number of nitrogens with two attached hydrogens (primary N) is 1. The molecule has 0 aromatic carbocycles. The third kappa shape index (κ3) is 10.4. The van der Waals surface area contributed by atoms with Crippen molar-refractivity contribution >= 4 is 48.1 Å². The van der Waals surface area contributed by atoms with Gasteiger partial charge in [-0.25, -0.2) is 0 Å². The Morgan fingerprint density at radius 1 is 1.15 bits per heavy atom. The topological polar surface area (TPSA) is 193 Å². The molecule has 0 aliphatic carbocycles. The molecule has 146 valence electrons. The molecule has 12 heteroatoms. The van der Waals surface area contributed by atoms with Crippen LogP contribution in [0.25, 0.3) is 0 Å². The van der Waals surface area contributed by atoms with E-state index in [9.17, 15) is 28.8 Å². The van der Waals surface area contributed by atoms with Crippen LogP contribution in [0.3, 0.4) is 0 Å². The molecule has 6 N–H and O–H groups in total. The van der Waals surface area contributed by atoms with Gasteiger partial charge in [0, 0.05) is 18.6 Å². The second kappa shape index (κ2) is 12.8. The largest absolute Gasteiger partial charge is 0.480 e. The van der Waals surface area contributed by atoms with Gasteiger partial charge in [0.25, 0.3) is 0 Å². The van der Waals surface area contributed by atoms with Gasteiger partial charge >= 0.3 is 11.9 Å². The zero-order chi connectivity index (χ0) is 20.1. The summed E-state index contributed by atoms with van der Waals surface area (Å²) in [5.74, 6) is -4.08. The highest BCUT2D eigenvalue weighted by Gasteiger charge is 2.23. The van der Waals surface area contributed by atoms with Crippen molar-refractivity contribution in [2.75, 3.05) is 12.3 Å². The molecule has 0 radical (unpaired) electrons. The number of rotatable bonds is 14. The lowest BCUT2D eigenvalue weighted by molar-refractivity contribution is -0.139. The van der Waals surface area contributed by atoms with Crippen LogP contribution in [0.1, 0.15) is 19.3 Å². The SMILES string of the molecule is NC(CCC(=O)NC(CSC(C=O)CC=O)C(=O)NCC(=O)O)C(=O)O. The minimum absolute atomic E-state index is 0.0704. The highest BCUT2D eigenvalue weighted by Crippen LogP contribution is 2.13. The fourth-order valence-electron chi connectivity index (χ4n) is 1.62. The first-order chi connectivity index (χ1) is 12.2. The number of nitrogens with one attached hydrogen (secondary N) is 2. The van der Waals surface area contributed by atoms with Crippen molar-refractivity contribution in [3.8, 4) is 0 Å². The van der Waals surface area contributed by atoms with E-state index in [4.69, 9.17) is 15.9 Å². The highest BCUT2D eigenvalue weighted by atomic mass is 32.2. The second-order valence-electron chi connectivity index (χ2n) is 5.13. The van der Waals surface area contributed by atoms with Crippen molar-refractivity contribution in [1.29, 1.82) is 0 Å². The van der Waals surface area contributed by atoms with E-state index in [2.05, 4.69) is 10.6 Å². The van der Waals surface area contributed by atoms with E-state index in [1.807, 2.05) is 0 Å². The average molecular weight is 391 g/mol. The summed E-state index contributed by atoms with van der Waals surface area (Å²) in [6.45, 7) is -0.662. The van der Waals surface area contributed by atoms with Gasteiger partial charge in [0.2, 0.25) is 11.8 Å². The van der Waals surface area contributed by atoms with Gasteiger partial charge in [0.1, 0.15) is 31.2 Å². The Balaban J connectivity index is 4.78. The van der Waals surface area contributed by atoms with Gasteiger partial charge in [-0.15, -0.1) is 11.8 Å². The number of aliphatic carboxylic acids is 2. The summed E-state index contributed by atoms with van der Waals surface area (Å²) in [6.07, 6.45) is 0.585. The molecule has 0 spiro atoms. The number of amides is 2. The van der Waals surface area contributed by atoms with Crippen molar-refractivity contribution in [3.05, 3.63) is 0 Å². The molecule has 0 fully saturated rings. The Bertz CT molecular complexity index is 542. The first-order valence-corrected chi connectivity index (χ1v) is 8.53. The van der Waals surface area contributed by atoms with Crippen LogP contribution >= 0.6 is 11.8 Å². The Morgan fingerprint density at radius 2 is 1.81 bits per heavy atom. The molecule has 0 aliphatic rings. The predicted octanol–water partition coefficient (Wildman–Crippen LogP) is -2.25. The van der Waals surface area contributed by atoms with Crippen LogP contribution in [-0.2, 0) is 28.8 Å². The van der Waals surface area contributed by atoms with Crippen molar-refractivity contribution in [2.24, 2.45) is 5.73 Å². The van der Waals surface area contributed by atoms with Crippen molar-refractivity contribution in [3.63, 3.8) is 0 Å². The summed E-state index contributed by atoms with van der Waals surface area (Å²) in [5.41, 5.74) is 5.29. The molecule has 0 saturated heterocycles. The van der Waals surface area contributed by atoms with E-state index in [-0.39, 0.29) is 25.0 Å². The van der Waals surface area contributed by atoms with E-state index in [1.165, 1.54) is 0 Å². The average Bonchev–Trinajstić information content (AvgIpc) is 2.59. The number of hydrogen-bond acceptors (Lipinski definition) is 8. The normalized spacial score (nSPS) is 13.7. The van der Waals surface area contributed by atoms with Crippen molar-refractivity contribution < 1.29 is 39.0 Å². The van der Waals surface area contributed by atoms with Crippen LogP contribution in [0.4, 0.5) is 0 Å². The minimum Gasteiger partial charge on any atom is -0.480 e. The van der Waals surface area contributed by atoms with Crippen LogP contribution in [0, 0.1) is 0 Å². The molecule has 3 unspecified atom stereocenters. The molecule has 2 amide bonds. The monoisotopic (exact) mass is 391 g/mol. The summed E-state index contributed by atoms with van der Waals surface area (Å²) in [4.78, 5) is 66.3. The predicted molar refractivity (Wildman–Crippen MR) is 90.4 cm³/mol. The number of hydrogen-bond donors (Lipinski definition) is 5. The van der Waals surface area contributed by atoms with Crippen LogP contribution in [0.2, 0.25) is 0 Å². The lowest BCUT2D eigenvalue weighted by Crippen LogP contribution is -2.49. The smallest absolute Gasteiger partial charge is 0.322 e. The van der Waals surface area contributed by atoms with E-state index >= 15 is 0 Å². The minimum atomic E-state index is -1.28. The maximum Gasteiger partial charge on any atom is 0.322 e. The third-order valence-corrected chi connectivity index (χ3v) is 4.28. The van der Waals surface area contributed by atoms with Gasteiger partial charge in [-0.3, -0.25) is 19.2 Å². The molecule has 11 nitrogen and oxygen atoms in total. The van der Waals surface area contributed by atoms with E-state index in [0.29, 0.717) is 12.6 Å². The summed E-state index contributed by atoms with van der Waals surface area (Å²) in [7, 11) is 0. The Kier molecular flexibility index (Phi) is 11.6. The van der Waals surface area contributed by atoms with Gasteiger partial charge in [0.15, 0.2) is 0 Å². The second-order valence-corrected chi connectivity index (χ2v) is 6.40. The summed E-state index contributed by atoms with van der Waals surface area (Å²) < 4.78 is 0. The molecule has 0 aromatic heterocycles. The Morgan fingerprint density at radius 3 is 2.31 bits per heavy atom. The Labute approximate surface area is 153 Å². The lowest BCUT2D eigenvalue weighted by Gasteiger charge is -2.19. The van der Waals surface area contributed by atoms with Crippen LogP contribution < -0.4 is 16.4 Å². The molecule has 0 saturated carbocycles. The van der Waals surface area contributed by atoms with Gasteiger partial charge in [-0.05, 0) is 6.42 Å². The number of thioether (sulfide) groups is 1. The molecule has 0 aromatic rings. The molecule has 0 aliphatic heterocycles. The zero-order valence-electron chi connectivity index (χ0n) is 13.8. The highest BCUT2D eigenvalue weighted by molar-refractivity contribution is 8.00. The fraction of sp³-hybridized carbons (Fsp3) is 0.571. The van der Waals surface area contributed by atoms with Gasteiger partial charge in [-0.2, -0.15) is 0 Å². The number of carbonyl (C=O) groups excluding carboxylic acids is 4. The molecule has 26 heavy (non-hydrogen) atoms. The maximum atomic E-state index is 12.0. The zero-order valence-corrected chi connectivity index (χ0v) is 14.6. The molecule has 0 rings (SSSR count). The number of carboxylic acid groups (broad SMARTS) is 2. The molecule has 0 heterocycles. The lowest BCUT2D eigenvalue weighted by atomic mass is 10.1.